The number of ether oxygens (including phenoxy) is 1. The lowest BCUT2D eigenvalue weighted by Crippen LogP contribution is -2.52. The van der Waals surface area contributed by atoms with Crippen molar-refractivity contribution in [3.8, 4) is 5.88 Å². The summed E-state index contributed by atoms with van der Waals surface area (Å²) in [5.74, 6) is 1.17. The number of piperazine rings is 1. The number of likely N-dealkylation sites (tertiary alicyclic amines) is 1. The van der Waals surface area contributed by atoms with Crippen molar-refractivity contribution in [3.05, 3.63) is 11.8 Å². The van der Waals surface area contributed by atoms with Gasteiger partial charge in [0.2, 0.25) is 23.6 Å². The van der Waals surface area contributed by atoms with E-state index in [1.165, 1.54) is 0 Å². The second kappa shape index (κ2) is 7.25. The lowest BCUT2D eigenvalue weighted by atomic mass is 9.94. The average Bonchev–Trinajstić information content (AvgIpc) is 2.63. The second-order valence-corrected chi connectivity index (χ2v) is 6.67. The van der Waals surface area contributed by atoms with E-state index in [9.17, 15) is 9.59 Å². The highest BCUT2D eigenvalue weighted by molar-refractivity contribution is 5.87. The van der Waals surface area contributed by atoms with Crippen LogP contribution in [0.3, 0.4) is 0 Å². The van der Waals surface area contributed by atoms with E-state index in [4.69, 9.17) is 4.74 Å². The highest BCUT2D eigenvalue weighted by Crippen LogP contribution is 2.22. The second-order valence-electron chi connectivity index (χ2n) is 6.67. The van der Waals surface area contributed by atoms with Crippen LogP contribution < -0.4 is 9.64 Å². The fourth-order valence-corrected chi connectivity index (χ4v) is 3.31. The van der Waals surface area contributed by atoms with Gasteiger partial charge in [-0.2, -0.15) is 4.98 Å². The van der Waals surface area contributed by atoms with Crippen LogP contribution in [0.1, 0.15) is 18.5 Å². The molecule has 1 atom stereocenters. The van der Waals surface area contributed by atoms with Gasteiger partial charge in [-0.3, -0.25) is 9.59 Å². The van der Waals surface area contributed by atoms with Crippen LogP contribution in [0.4, 0.5) is 5.95 Å². The molecule has 3 rings (SSSR count). The maximum Gasteiger partial charge on any atom is 0.228 e. The molecule has 0 aliphatic carbocycles. The lowest BCUT2D eigenvalue weighted by Gasteiger charge is -2.38. The van der Waals surface area contributed by atoms with Crippen molar-refractivity contribution in [1.29, 1.82) is 0 Å². The maximum atomic E-state index is 12.7. The number of rotatable bonds is 3. The largest absolute Gasteiger partial charge is 0.481 e. The smallest absolute Gasteiger partial charge is 0.228 e. The molecule has 1 aromatic heterocycles. The number of amides is 2. The van der Waals surface area contributed by atoms with Gasteiger partial charge in [0, 0.05) is 63.9 Å². The molecule has 0 radical (unpaired) electrons. The Balaban J connectivity index is 1.59. The first kappa shape index (κ1) is 17.4. The summed E-state index contributed by atoms with van der Waals surface area (Å²) in [6.07, 6.45) is 1.08. The number of aromatic nitrogens is 2. The van der Waals surface area contributed by atoms with Gasteiger partial charge in [-0.15, -0.1) is 0 Å². The summed E-state index contributed by atoms with van der Waals surface area (Å²) in [6, 6.07) is 1.79. The molecule has 2 amide bonds. The molecule has 0 aromatic carbocycles. The standard InChI is InChI=1S/C17H25N5O3/c1-12-10-14(25-3)19-17(18-12)22-8-6-21(7-9-22)16(24)13-4-5-20(2)15(23)11-13/h10,13H,4-9,11H2,1-3H3. The number of nitrogens with zero attached hydrogens (tertiary/aromatic N) is 5. The van der Waals surface area contributed by atoms with Crippen LogP contribution in [0.25, 0.3) is 0 Å². The summed E-state index contributed by atoms with van der Waals surface area (Å²) in [7, 11) is 3.38. The first-order valence-electron chi connectivity index (χ1n) is 8.65. The van der Waals surface area contributed by atoms with E-state index in [1.54, 1.807) is 25.1 Å². The van der Waals surface area contributed by atoms with E-state index >= 15 is 0 Å². The third-order valence-corrected chi connectivity index (χ3v) is 4.91. The van der Waals surface area contributed by atoms with E-state index < -0.39 is 0 Å². The molecule has 1 aromatic rings. The zero-order valence-electron chi connectivity index (χ0n) is 15.1. The quantitative estimate of drug-likeness (QED) is 0.783. The van der Waals surface area contributed by atoms with Crippen molar-refractivity contribution in [2.75, 3.05) is 51.8 Å². The molecule has 136 valence electrons. The van der Waals surface area contributed by atoms with E-state index in [0.717, 1.165) is 12.1 Å². The van der Waals surface area contributed by atoms with E-state index in [0.29, 0.717) is 51.0 Å². The molecule has 2 aliphatic rings. The zero-order valence-corrected chi connectivity index (χ0v) is 15.1. The highest BCUT2D eigenvalue weighted by Gasteiger charge is 2.33. The predicted molar refractivity (Wildman–Crippen MR) is 92.5 cm³/mol. The number of hydrogen-bond donors (Lipinski definition) is 0. The van der Waals surface area contributed by atoms with Crippen LogP contribution >= 0.6 is 0 Å². The summed E-state index contributed by atoms with van der Waals surface area (Å²) >= 11 is 0. The Morgan fingerprint density at radius 1 is 1.20 bits per heavy atom. The van der Waals surface area contributed by atoms with Crippen molar-refractivity contribution in [2.45, 2.75) is 19.8 Å². The summed E-state index contributed by atoms with van der Waals surface area (Å²) in [4.78, 5) is 39.0. The van der Waals surface area contributed by atoms with Crippen LogP contribution in [0.5, 0.6) is 5.88 Å². The van der Waals surface area contributed by atoms with Crippen LogP contribution in [0.2, 0.25) is 0 Å². The molecular formula is C17H25N5O3. The number of carbonyl (C=O) groups is 2. The van der Waals surface area contributed by atoms with Crippen molar-refractivity contribution in [3.63, 3.8) is 0 Å². The zero-order chi connectivity index (χ0) is 18.0. The summed E-state index contributed by atoms with van der Waals surface area (Å²) in [6.45, 7) is 5.17. The van der Waals surface area contributed by atoms with Crippen molar-refractivity contribution in [1.82, 2.24) is 19.8 Å². The summed E-state index contributed by atoms with van der Waals surface area (Å²) in [5, 5.41) is 0. The third-order valence-electron chi connectivity index (χ3n) is 4.91. The SMILES string of the molecule is COc1cc(C)nc(N2CCN(C(=O)C3CCN(C)C(=O)C3)CC2)n1. The molecule has 0 bridgehead atoms. The molecule has 3 heterocycles. The van der Waals surface area contributed by atoms with E-state index in [2.05, 4.69) is 14.9 Å². The molecule has 8 nitrogen and oxygen atoms in total. The molecule has 2 aliphatic heterocycles. The van der Waals surface area contributed by atoms with Crippen LogP contribution in [-0.2, 0) is 9.59 Å². The van der Waals surface area contributed by atoms with E-state index in [1.807, 2.05) is 11.8 Å². The van der Waals surface area contributed by atoms with Gasteiger partial charge in [0.25, 0.3) is 0 Å². The third kappa shape index (κ3) is 3.83. The van der Waals surface area contributed by atoms with Gasteiger partial charge in [0.15, 0.2) is 0 Å². The Morgan fingerprint density at radius 2 is 1.92 bits per heavy atom. The van der Waals surface area contributed by atoms with Gasteiger partial charge in [-0.1, -0.05) is 0 Å². The maximum absolute atomic E-state index is 12.7. The van der Waals surface area contributed by atoms with Crippen LogP contribution in [-0.4, -0.2) is 78.5 Å². The Labute approximate surface area is 147 Å². The fraction of sp³-hybridized carbons (Fsp3) is 0.647. The minimum Gasteiger partial charge on any atom is -0.481 e. The topological polar surface area (TPSA) is 78.9 Å². The number of anilines is 1. The van der Waals surface area contributed by atoms with Gasteiger partial charge in [0.05, 0.1) is 7.11 Å². The molecule has 2 saturated heterocycles. The molecule has 2 fully saturated rings. The number of hydrogen-bond acceptors (Lipinski definition) is 6. The number of methoxy groups -OCH3 is 1. The Morgan fingerprint density at radius 3 is 2.56 bits per heavy atom. The van der Waals surface area contributed by atoms with Gasteiger partial charge in [-0.25, -0.2) is 4.98 Å². The molecule has 0 saturated carbocycles. The van der Waals surface area contributed by atoms with Crippen molar-refractivity contribution < 1.29 is 14.3 Å². The molecule has 0 N–H and O–H groups in total. The van der Waals surface area contributed by atoms with Gasteiger partial charge in [0.1, 0.15) is 0 Å². The Bertz CT molecular complexity index is 658. The van der Waals surface area contributed by atoms with E-state index in [-0.39, 0.29) is 17.7 Å². The first-order valence-corrected chi connectivity index (χ1v) is 8.65. The van der Waals surface area contributed by atoms with Crippen molar-refractivity contribution in [2.24, 2.45) is 5.92 Å². The average molecular weight is 347 g/mol. The summed E-state index contributed by atoms with van der Waals surface area (Å²) < 4.78 is 5.21. The number of piperidine rings is 1. The summed E-state index contributed by atoms with van der Waals surface area (Å²) in [5.41, 5.74) is 0.852. The lowest BCUT2D eigenvalue weighted by molar-refractivity contribution is -0.144. The molecular weight excluding hydrogens is 322 g/mol. The first-order chi connectivity index (χ1) is 12.0. The Hall–Kier alpha value is -2.38. The predicted octanol–water partition coefficient (Wildman–Crippen LogP) is 0.311. The minimum atomic E-state index is -0.175. The van der Waals surface area contributed by atoms with Crippen molar-refractivity contribution >= 4 is 17.8 Å². The van der Waals surface area contributed by atoms with Gasteiger partial charge < -0.3 is 19.4 Å². The number of carbonyl (C=O) groups excluding carboxylic acids is 2. The van der Waals surface area contributed by atoms with Gasteiger partial charge >= 0.3 is 0 Å². The Kier molecular flexibility index (Phi) is 5.06. The molecule has 0 spiro atoms. The molecule has 8 heteroatoms. The van der Waals surface area contributed by atoms with Gasteiger partial charge in [-0.05, 0) is 13.3 Å². The number of aryl methyl sites for hydroxylation is 1. The fourth-order valence-electron chi connectivity index (χ4n) is 3.31. The monoisotopic (exact) mass is 347 g/mol. The van der Waals surface area contributed by atoms with Crippen LogP contribution in [0.15, 0.2) is 6.07 Å². The van der Waals surface area contributed by atoms with Crippen LogP contribution in [0, 0.1) is 12.8 Å². The normalized spacial score (nSPS) is 21.5. The minimum absolute atomic E-state index is 0.0588. The molecule has 25 heavy (non-hydrogen) atoms. The molecule has 1 unspecified atom stereocenters. The highest BCUT2D eigenvalue weighted by atomic mass is 16.5.